The Bertz CT molecular complexity index is 791. The summed E-state index contributed by atoms with van der Waals surface area (Å²) in [6, 6.07) is 7.70. The van der Waals surface area contributed by atoms with Gasteiger partial charge in [-0.05, 0) is 43.5 Å². The molecule has 31 heavy (non-hydrogen) atoms. The van der Waals surface area contributed by atoms with Crippen LogP contribution in [0.4, 0.5) is 0 Å². The Hall–Kier alpha value is -2.56. The zero-order valence-electron chi connectivity index (χ0n) is 18.4. The average Bonchev–Trinajstić information content (AvgIpc) is 2.80. The maximum absolute atomic E-state index is 12.5. The number of hydrogen-bond donors (Lipinski definition) is 1. The average molecular weight is 428 g/mol. The maximum Gasteiger partial charge on any atom is 0.262 e. The molecular weight excluding hydrogens is 394 g/mol. The van der Waals surface area contributed by atoms with Gasteiger partial charge in [-0.15, -0.1) is 0 Å². The molecule has 0 bridgehead atoms. The van der Waals surface area contributed by atoms with Gasteiger partial charge in [0.25, 0.3) is 5.91 Å². The molecule has 0 unspecified atom stereocenters. The van der Waals surface area contributed by atoms with Crippen molar-refractivity contribution in [3.05, 3.63) is 29.3 Å². The van der Waals surface area contributed by atoms with E-state index in [1.54, 1.807) is 6.08 Å². The van der Waals surface area contributed by atoms with Crippen molar-refractivity contribution in [3.8, 4) is 17.6 Å². The van der Waals surface area contributed by atoms with Gasteiger partial charge in [-0.2, -0.15) is 5.26 Å². The minimum absolute atomic E-state index is 0.106. The third kappa shape index (κ3) is 7.27. The van der Waals surface area contributed by atoms with Crippen molar-refractivity contribution >= 4 is 12.0 Å². The highest BCUT2D eigenvalue weighted by Crippen LogP contribution is 2.29. The van der Waals surface area contributed by atoms with Gasteiger partial charge >= 0.3 is 0 Å². The fourth-order valence-electron chi connectivity index (χ4n) is 3.94. The van der Waals surface area contributed by atoms with E-state index < -0.39 is 0 Å². The Labute approximate surface area is 185 Å². The van der Waals surface area contributed by atoms with E-state index >= 15 is 0 Å². The number of nitriles is 1. The van der Waals surface area contributed by atoms with E-state index in [1.165, 1.54) is 6.42 Å². The molecule has 1 aromatic carbocycles. The molecule has 0 radical (unpaired) electrons. The summed E-state index contributed by atoms with van der Waals surface area (Å²) in [6.45, 7) is 7.18. The first-order valence-electron chi connectivity index (χ1n) is 11.3. The summed E-state index contributed by atoms with van der Waals surface area (Å²) in [5, 5.41) is 12.5. The third-order valence-electron chi connectivity index (χ3n) is 5.65. The van der Waals surface area contributed by atoms with Crippen LogP contribution in [0.2, 0.25) is 0 Å². The molecule has 2 aliphatic rings. The van der Waals surface area contributed by atoms with Crippen LogP contribution in [-0.2, 0) is 9.53 Å². The van der Waals surface area contributed by atoms with Crippen molar-refractivity contribution in [3.63, 3.8) is 0 Å². The number of hydrogen-bond acceptors (Lipinski definition) is 6. The molecule has 1 aromatic rings. The first kappa shape index (κ1) is 23.1. The van der Waals surface area contributed by atoms with Crippen LogP contribution in [-0.4, -0.2) is 62.9 Å². The van der Waals surface area contributed by atoms with Gasteiger partial charge < -0.3 is 19.5 Å². The zero-order valence-corrected chi connectivity index (χ0v) is 18.4. The molecule has 1 N–H and O–H groups in total. The number of carbonyl (C=O) groups excluding carboxylic acids is 1. The summed E-state index contributed by atoms with van der Waals surface area (Å²) in [6.07, 6.45) is 7.04. The monoisotopic (exact) mass is 427 g/mol. The number of amides is 1. The molecule has 1 amide bonds. The summed E-state index contributed by atoms with van der Waals surface area (Å²) in [5.41, 5.74) is 0.841. The molecule has 1 saturated heterocycles. The van der Waals surface area contributed by atoms with Gasteiger partial charge in [0.05, 0.1) is 19.8 Å². The number of nitrogens with one attached hydrogen (secondary N) is 1. The van der Waals surface area contributed by atoms with Crippen molar-refractivity contribution in [2.75, 3.05) is 46.1 Å². The van der Waals surface area contributed by atoms with Crippen molar-refractivity contribution in [2.24, 2.45) is 0 Å². The van der Waals surface area contributed by atoms with E-state index in [0.717, 1.165) is 64.1 Å². The van der Waals surface area contributed by atoms with Crippen molar-refractivity contribution in [1.29, 1.82) is 5.26 Å². The summed E-state index contributed by atoms with van der Waals surface area (Å²) >= 11 is 0. The van der Waals surface area contributed by atoms with Crippen LogP contribution in [0.5, 0.6) is 11.5 Å². The van der Waals surface area contributed by atoms with Crippen molar-refractivity contribution in [2.45, 2.75) is 45.1 Å². The zero-order chi connectivity index (χ0) is 21.9. The number of rotatable bonds is 9. The Morgan fingerprint density at radius 3 is 2.71 bits per heavy atom. The first-order chi connectivity index (χ1) is 15.2. The fourth-order valence-corrected chi connectivity index (χ4v) is 3.94. The SMILES string of the molecule is CCOc1cc(C=C(C#N)C(=O)NC2CCCCC2)ccc1OCCN1CCOCC1. The Kier molecular flexibility index (Phi) is 9.19. The lowest BCUT2D eigenvalue weighted by atomic mass is 9.95. The summed E-state index contributed by atoms with van der Waals surface area (Å²) < 4.78 is 17.1. The molecule has 7 heteroatoms. The number of carbonyl (C=O) groups is 1. The lowest BCUT2D eigenvalue weighted by molar-refractivity contribution is -0.117. The second kappa shape index (κ2) is 12.3. The highest BCUT2D eigenvalue weighted by molar-refractivity contribution is 6.01. The van der Waals surface area contributed by atoms with Gasteiger partial charge in [-0.25, -0.2) is 0 Å². The minimum atomic E-state index is -0.307. The van der Waals surface area contributed by atoms with E-state index in [-0.39, 0.29) is 17.5 Å². The smallest absolute Gasteiger partial charge is 0.262 e. The van der Waals surface area contributed by atoms with Crippen LogP contribution in [0.15, 0.2) is 23.8 Å². The lowest BCUT2D eigenvalue weighted by Gasteiger charge is -2.26. The molecule has 0 atom stereocenters. The molecular formula is C24H33N3O4. The van der Waals surface area contributed by atoms with E-state index in [9.17, 15) is 10.1 Å². The third-order valence-corrected chi connectivity index (χ3v) is 5.65. The molecule has 2 fully saturated rings. The molecule has 3 rings (SSSR count). The summed E-state index contributed by atoms with van der Waals surface area (Å²) in [4.78, 5) is 14.9. The number of ether oxygens (including phenoxy) is 3. The molecule has 168 valence electrons. The largest absolute Gasteiger partial charge is 0.490 e. The van der Waals surface area contributed by atoms with E-state index in [1.807, 2.05) is 31.2 Å². The predicted molar refractivity (Wildman–Crippen MR) is 119 cm³/mol. The molecule has 0 spiro atoms. The topological polar surface area (TPSA) is 83.8 Å². The molecule has 1 aliphatic heterocycles. The van der Waals surface area contributed by atoms with Crippen LogP contribution >= 0.6 is 0 Å². The predicted octanol–water partition coefficient (Wildman–Crippen LogP) is 3.15. The van der Waals surface area contributed by atoms with Crippen molar-refractivity contribution in [1.82, 2.24) is 10.2 Å². The second-order valence-electron chi connectivity index (χ2n) is 7.92. The van der Waals surface area contributed by atoms with Gasteiger partial charge in [-0.3, -0.25) is 9.69 Å². The number of benzene rings is 1. The van der Waals surface area contributed by atoms with Crippen LogP contribution in [0.25, 0.3) is 6.08 Å². The van der Waals surface area contributed by atoms with Gasteiger partial charge in [0.2, 0.25) is 0 Å². The van der Waals surface area contributed by atoms with Gasteiger partial charge in [0.1, 0.15) is 18.2 Å². The Balaban J connectivity index is 1.63. The standard InChI is InChI=1S/C24H33N3O4/c1-2-30-23-17-19(8-9-22(23)31-15-12-27-10-13-29-14-11-27)16-20(18-25)24(28)26-21-6-4-3-5-7-21/h8-9,16-17,21H,2-7,10-15H2,1H3,(H,26,28). The van der Waals surface area contributed by atoms with Crippen LogP contribution in [0.1, 0.15) is 44.6 Å². The quantitative estimate of drug-likeness (QED) is 0.481. The van der Waals surface area contributed by atoms with Gasteiger partial charge in [-0.1, -0.05) is 25.3 Å². The summed E-state index contributed by atoms with van der Waals surface area (Å²) in [5.74, 6) is 0.971. The molecule has 1 heterocycles. The maximum atomic E-state index is 12.5. The van der Waals surface area contributed by atoms with Crippen LogP contribution in [0, 0.1) is 11.3 Å². The molecule has 1 aliphatic carbocycles. The van der Waals surface area contributed by atoms with Crippen molar-refractivity contribution < 1.29 is 19.0 Å². The van der Waals surface area contributed by atoms with Crippen LogP contribution in [0.3, 0.4) is 0 Å². The number of morpholine rings is 1. The minimum Gasteiger partial charge on any atom is -0.490 e. The molecule has 7 nitrogen and oxygen atoms in total. The lowest BCUT2D eigenvalue weighted by Crippen LogP contribution is -2.38. The van der Waals surface area contributed by atoms with Gasteiger partial charge in [0, 0.05) is 25.7 Å². The molecule has 1 saturated carbocycles. The molecule has 0 aromatic heterocycles. The fraction of sp³-hybridized carbons (Fsp3) is 0.583. The number of nitrogens with zero attached hydrogens (tertiary/aromatic N) is 2. The first-order valence-corrected chi connectivity index (χ1v) is 11.3. The second-order valence-corrected chi connectivity index (χ2v) is 7.92. The van der Waals surface area contributed by atoms with E-state index in [4.69, 9.17) is 14.2 Å². The highest BCUT2D eigenvalue weighted by atomic mass is 16.5. The summed E-state index contributed by atoms with van der Waals surface area (Å²) in [7, 11) is 0. The van der Waals surface area contributed by atoms with E-state index in [2.05, 4.69) is 10.2 Å². The van der Waals surface area contributed by atoms with Gasteiger partial charge in [0.15, 0.2) is 11.5 Å². The normalized spacial score (nSPS) is 18.3. The van der Waals surface area contributed by atoms with E-state index in [0.29, 0.717) is 24.7 Å². The Morgan fingerprint density at radius 2 is 2.00 bits per heavy atom. The highest BCUT2D eigenvalue weighted by Gasteiger charge is 2.18. The van der Waals surface area contributed by atoms with Crippen LogP contribution < -0.4 is 14.8 Å². The Morgan fingerprint density at radius 1 is 1.23 bits per heavy atom.